The lowest BCUT2D eigenvalue weighted by Crippen LogP contribution is -2.23. The smallest absolute Gasteiger partial charge is 0.262 e. The average molecular weight is 418 g/mol. The number of hydrogen-bond acceptors (Lipinski definition) is 4. The molecule has 4 rings (SSSR count). The molecule has 5 nitrogen and oxygen atoms in total. The van der Waals surface area contributed by atoms with Crippen molar-refractivity contribution in [1.29, 1.82) is 0 Å². The molecule has 3 aromatic carbocycles. The standard InChI is InChI=1S/C24H23N3O2S/c1-4-27-23(29)19-12-17-9-5-6-10-18(17)13-21(19)26-24(27)30-14-22(28)25-20-11-7-8-15(2)16(20)3/h5-13H,4,14H2,1-3H3,(H,25,28). The van der Waals surface area contributed by atoms with Crippen LogP contribution in [0.4, 0.5) is 5.69 Å². The molecule has 0 aliphatic heterocycles. The van der Waals surface area contributed by atoms with Gasteiger partial charge in [-0.3, -0.25) is 14.2 Å². The molecular formula is C24H23N3O2S. The van der Waals surface area contributed by atoms with Crippen molar-refractivity contribution in [3.05, 3.63) is 76.1 Å². The van der Waals surface area contributed by atoms with Gasteiger partial charge in [-0.2, -0.15) is 0 Å². The normalized spacial score (nSPS) is 11.2. The van der Waals surface area contributed by atoms with Crippen LogP contribution in [-0.4, -0.2) is 21.2 Å². The Morgan fingerprint density at radius 2 is 1.80 bits per heavy atom. The summed E-state index contributed by atoms with van der Waals surface area (Å²) in [5.74, 6) is 0.0584. The largest absolute Gasteiger partial charge is 0.325 e. The van der Waals surface area contributed by atoms with Crippen molar-refractivity contribution in [3.63, 3.8) is 0 Å². The number of amides is 1. The number of carbonyl (C=O) groups is 1. The monoisotopic (exact) mass is 417 g/mol. The third-order valence-corrected chi connectivity index (χ3v) is 6.29. The van der Waals surface area contributed by atoms with Crippen molar-refractivity contribution in [3.8, 4) is 0 Å². The summed E-state index contributed by atoms with van der Waals surface area (Å²) >= 11 is 1.28. The Bertz CT molecular complexity index is 1330. The van der Waals surface area contributed by atoms with E-state index in [0.29, 0.717) is 22.6 Å². The highest BCUT2D eigenvalue weighted by molar-refractivity contribution is 7.99. The molecule has 1 aromatic heterocycles. The second-order valence-corrected chi connectivity index (χ2v) is 8.19. The number of anilines is 1. The molecule has 0 atom stereocenters. The van der Waals surface area contributed by atoms with Crippen molar-refractivity contribution >= 4 is 45.0 Å². The Balaban J connectivity index is 1.63. The summed E-state index contributed by atoms with van der Waals surface area (Å²) in [5.41, 5.74) is 3.57. The van der Waals surface area contributed by atoms with Crippen molar-refractivity contribution in [2.75, 3.05) is 11.1 Å². The summed E-state index contributed by atoms with van der Waals surface area (Å²) in [6.07, 6.45) is 0. The van der Waals surface area contributed by atoms with Crippen LogP contribution in [0.15, 0.2) is 64.5 Å². The molecule has 0 fully saturated rings. The summed E-state index contributed by atoms with van der Waals surface area (Å²) < 4.78 is 1.63. The van der Waals surface area contributed by atoms with Gasteiger partial charge in [-0.25, -0.2) is 4.98 Å². The van der Waals surface area contributed by atoms with Crippen LogP contribution in [-0.2, 0) is 11.3 Å². The van der Waals surface area contributed by atoms with Gasteiger partial charge in [0.05, 0.1) is 16.7 Å². The predicted molar refractivity (Wildman–Crippen MR) is 124 cm³/mol. The molecule has 0 radical (unpaired) electrons. The molecule has 0 aliphatic carbocycles. The number of aryl methyl sites for hydroxylation is 1. The average Bonchev–Trinajstić information content (AvgIpc) is 2.74. The molecule has 30 heavy (non-hydrogen) atoms. The van der Waals surface area contributed by atoms with Crippen LogP contribution in [0.3, 0.4) is 0 Å². The van der Waals surface area contributed by atoms with Crippen molar-refractivity contribution in [1.82, 2.24) is 9.55 Å². The summed E-state index contributed by atoms with van der Waals surface area (Å²) in [6, 6.07) is 17.6. The lowest BCUT2D eigenvalue weighted by atomic mass is 10.1. The van der Waals surface area contributed by atoms with Gasteiger partial charge in [0.25, 0.3) is 5.56 Å². The van der Waals surface area contributed by atoms with E-state index in [1.165, 1.54) is 11.8 Å². The molecule has 0 aliphatic rings. The maximum atomic E-state index is 13.1. The lowest BCUT2D eigenvalue weighted by molar-refractivity contribution is -0.113. The SMILES string of the molecule is CCn1c(SCC(=O)Nc2cccc(C)c2C)nc2cc3ccccc3cc2c1=O. The van der Waals surface area contributed by atoms with Gasteiger partial charge in [-0.05, 0) is 60.9 Å². The quantitative estimate of drug-likeness (QED) is 0.284. The maximum Gasteiger partial charge on any atom is 0.262 e. The molecule has 1 N–H and O–H groups in total. The van der Waals surface area contributed by atoms with Crippen LogP contribution < -0.4 is 10.9 Å². The second-order valence-electron chi connectivity index (χ2n) is 7.24. The van der Waals surface area contributed by atoms with Crippen LogP contribution in [0.25, 0.3) is 21.7 Å². The minimum absolute atomic E-state index is 0.0781. The number of hydrogen-bond donors (Lipinski definition) is 1. The van der Waals surface area contributed by atoms with Crippen LogP contribution in [0.5, 0.6) is 0 Å². The molecule has 0 saturated carbocycles. The number of nitrogens with zero attached hydrogens (tertiary/aromatic N) is 2. The van der Waals surface area contributed by atoms with E-state index in [9.17, 15) is 9.59 Å². The first-order chi connectivity index (χ1) is 14.5. The van der Waals surface area contributed by atoms with Gasteiger partial charge < -0.3 is 5.32 Å². The Morgan fingerprint density at radius 1 is 1.07 bits per heavy atom. The third kappa shape index (κ3) is 3.83. The van der Waals surface area contributed by atoms with E-state index in [-0.39, 0.29) is 17.2 Å². The summed E-state index contributed by atoms with van der Waals surface area (Å²) in [4.78, 5) is 30.3. The first-order valence-corrected chi connectivity index (χ1v) is 10.9. The first-order valence-electron chi connectivity index (χ1n) is 9.90. The number of rotatable bonds is 5. The number of aromatic nitrogens is 2. The van der Waals surface area contributed by atoms with E-state index in [4.69, 9.17) is 4.98 Å². The zero-order valence-electron chi connectivity index (χ0n) is 17.2. The molecule has 0 spiro atoms. The number of nitrogens with one attached hydrogen (secondary N) is 1. The van der Waals surface area contributed by atoms with Crippen LogP contribution >= 0.6 is 11.8 Å². The highest BCUT2D eigenvalue weighted by Gasteiger charge is 2.14. The Morgan fingerprint density at radius 3 is 2.53 bits per heavy atom. The Kier molecular flexibility index (Phi) is 5.59. The fourth-order valence-electron chi connectivity index (χ4n) is 3.48. The second kappa shape index (κ2) is 8.32. The minimum atomic E-state index is -0.121. The van der Waals surface area contributed by atoms with E-state index in [1.807, 2.05) is 75.4 Å². The van der Waals surface area contributed by atoms with E-state index in [0.717, 1.165) is 27.6 Å². The number of fused-ring (bicyclic) bond motifs is 2. The molecule has 0 saturated heterocycles. The van der Waals surface area contributed by atoms with E-state index in [1.54, 1.807) is 4.57 Å². The molecule has 1 amide bonds. The predicted octanol–water partition coefficient (Wildman–Crippen LogP) is 4.92. The molecule has 4 aromatic rings. The first kappa shape index (κ1) is 20.2. The van der Waals surface area contributed by atoms with Crippen molar-refractivity contribution in [2.45, 2.75) is 32.5 Å². The van der Waals surface area contributed by atoms with Gasteiger partial charge in [0.15, 0.2) is 5.16 Å². The van der Waals surface area contributed by atoms with Crippen LogP contribution in [0.2, 0.25) is 0 Å². The summed E-state index contributed by atoms with van der Waals surface area (Å²) in [7, 11) is 0. The zero-order valence-corrected chi connectivity index (χ0v) is 18.0. The number of thioether (sulfide) groups is 1. The Labute approximate surface area is 179 Å². The van der Waals surface area contributed by atoms with Gasteiger partial charge in [-0.15, -0.1) is 0 Å². The molecule has 0 unspecified atom stereocenters. The topological polar surface area (TPSA) is 64.0 Å². The fourth-order valence-corrected chi connectivity index (χ4v) is 4.34. The van der Waals surface area contributed by atoms with Gasteiger partial charge in [0.2, 0.25) is 5.91 Å². The van der Waals surface area contributed by atoms with Gasteiger partial charge >= 0.3 is 0 Å². The highest BCUT2D eigenvalue weighted by atomic mass is 32.2. The third-order valence-electron chi connectivity index (χ3n) is 5.31. The summed E-state index contributed by atoms with van der Waals surface area (Å²) in [5, 5.41) is 6.16. The van der Waals surface area contributed by atoms with Gasteiger partial charge in [-0.1, -0.05) is 48.2 Å². The van der Waals surface area contributed by atoms with Crippen molar-refractivity contribution in [2.24, 2.45) is 0 Å². The van der Waals surface area contributed by atoms with E-state index in [2.05, 4.69) is 5.32 Å². The molecule has 6 heteroatoms. The van der Waals surface area contributed by atoms with Gasteiger partial charge in [0.1, 0.15) is 0 Å². The fraction of sp³-hybridized carbons (Fsp3) is 0.208. The minimum Gasteiger partial charge on any atom is -0.325 e. The molecule has 152 valence electrons. The summed E-state index contributed by atoms with van der Waals surface area (Å²) in [6.45, 7) is 6.41. The molecule has 0 bridgehead atoms. The highest BCUT2D eigenvalue weighted by Crippen LogP contribution is 2.23. The van der Waals surface area contributed by atoms with E-state index >= 15 is 0 Å². The Hall–Kier alpha value is -3.12. The van der Waals surface area contributed by atoms with Crippen molar-refractivity contribution < 1.29 is 4.79 Å². The van der Waals surface area contributed by atoms with Crippen LogP contribution in [0.1, 0.15) is 18.1 Å². The van der Waals surface area contributed by atoms with Crippen LogP contribution in [0, 0.1) is 13.8 Å². The van der Waals surface area contributed by atoms with E-state index < -0.39 is 0 Å². The lowest BCUT2D eigenvalue weighted by Gasteiger charge is -2.13. The number of benzene rings is 3. The van der Waals surface area contributed by atoms with Gasteiger partial charge in [0, 0.05) is 12.2 Å². The molecular weight excluding hydrogens is 394 g/mol. The zero-order chi connectivity index (χ0) is 21.3. The maximum absolute atomic E-state index is 13.1. The molecule has 1 heterocycles. The number of carbonyl (C=O) groups excluding carboxylic acids is 1.